The maximum absolute atomic E-state index is 6.43. The Bertz CT molecular complexity index is 427. The summed E-state index contributed by atoms with van der Waals surface area (Å²) in [5.74, 6) is 2.27. The lowest BCUT2D eigenvalue weighted by molar-refractivity contribution is 0.114. The van der Waals surface area contributed by atoms with Gasteiger partial charge in [-0.3, -0.25) is 0 Å². The molecule has 1 aromatic rings. The summed E-state index contributed by atoms with van der Waals surface area (Å²) < 4.78 is 5.86. The van der Waals surface area contributed by atoms with Crippen molar-refractivity contribution in [1.29, 1.82) is 0 Å². The van der Waals surface area contributed by atoms with Crippen molar-refractivity contribution >= 4 is 0 Å². The van der Waals surface area contributed by atoms with E-state index in [9.17, 15) is 0 Å². The number of fused-ring (bicyclic) bond motifs is 1. The number of piperidine rings is 1. The highest BCUT2D eigenvalue weighted by Crippen LogP contribution is 2.34. The van der Waals surface area contributed by atoms with Gasteiger partial charge in [-0.15, -0.1) is 0 Å². The van der Waals surface area contributed by atoms with Crippen LogP contribution in [0, 0.1) is 11.8 Å². The summed E-state index contributed by atoms with van der Waals surface area (Å²) in [6.45, 7) is 6.60. The molecule has 3 nitrogen and oxygen atoms in total. The minimum atomic E-state index is 0.115. The third kappa shape index (κ3) is 2.77. The first-order valence-corrected chi connectivity index (χ1v) is 7.43. The molecule has 0 bridgehead atoms. The molecule has 0 saturated carbocycles. The number of para-hydroxylation sites is 1. The Labute approximate surface area is 115 Å². The molecule has 0 aromatic heterocycles. The van der Waals surface area contributed by atoms with Crippen LogP contribution in [0.2, 0.25) is 0 Å². The van der Waals surface area contributed by atoms with E-state index in [1.165, 1.54) is 31.5 Å². The normalized spacial score (nSPS) is 28.7. The van der Waals surface area contributed by atoms with Gasteiger partial charge in [0.15, 0.2) is 0 Å². The second-order valence-corrected chi connectivity index (χ2v) is 6.12. The lowest BCUT2D eigenvalue weighted by Crippen LogP contribution is -2.43. The molecule has 2 aliphatic rings. The van der Waals surface area contributed by atoms with Crippen LogP contribution in [0.1, 0.15) is 31.4 Å². The summed E-state index contributed by atoms with van der Waals surface area (Å²) in [7, 11) is 0. The average Bonchev–Trinajstić information content (AvgIpc) is 2.45. The molecule has 3 rings (SSSR count). The number of ether oxygens (including phenoxy) is 1. The molecule has 2 heterocycles. The Balaban J connectivity index is 1.64. The van der Waals surface area contributed by atoms with Crippen LogP contribution in [0.3, 0.4) is 0 Å². The number of nitrogens with two attached hydrogens (primary N) is 1. The highest BCUT2D eigenvalue weighted by molar-refractivity contribution is 5.37. The van der Waals surface area contributed by atoms with Crippen molar-refractivity contribution in [3.8, 4) is 5.75 Å². The molecule has 1 fully saturated rings. The fraction of sp³-hybridized carbons (Fsp3) is 0.625. The third-order valence-electron chi connectivity index (χ3n) is 4.61. The lowest BCUT2D eigenvalue weighted by Gasteiger charge is -2.37. The van der Waals surface area contributed by atoms with E-state index in [0.717, 1.165) is 24.8 Å². The fourth-order valence-electron chi connectivity index (χ4n) is 3.18. The first-order valence-electron chi connectivity index (χ1n) is 7.43. The minimum absolute atomic E-state index is 0.115. The van der Waals surface area contributed by atoms with Crippen LogP contribution in [0.25, 0.3) is 0 Å². The predicted molar refractivity (Wildman–Crippen MR) is 77.2 cm³/mol. The molecule has 1 aromatic carbocycles. The topological polar surface area (TPSA) is 38.5 Å². The first-order chi connectivity index (χ1) is 9.24. The molecule has 1 saturated heterocycles. The van der Waals surface area contributed by atoms with Crippen LogP contribution in [0.4, 0.5) is 0 Å². The van der Waals surface area contributed by atoms with Gasteiger partial charge >= 0.3 is 0 Å². The summed E-state index contributed by atoms with van der Waals surface area (Å²) in [6.07, 6.45) is 2.64. The molecule has 2 unspecified atom stereocenters. The van der Waals surface area contributed by atoms with Crippen LogP contribution >= 0.6 is 0 Å². The number of likely N-dealkylation sites (tertiary alicyclic amines) is 1. The van der Waals surface area contributed by atoms with Gasteiger partial charge in [0.05, 0.1) is 6.61 Å². The Hall–Kier alpha value is -1.06. The van der Waals surface area contributed by atoms with Gasteiger partial charge in [-0.1, -0.05) is 25.1 Å². The molecule has 0 radical (unpaired) electrons. The largest absolute Gasteiger partial charge is 0.493 e. The molecule has 19 heavy (non-hydrogen) atoms. The van der Waals surface area contributed by atoms with E-state index in [2.05, 4.69) is 17.9 Å². The molecule has 104 valence electrons. The van der Waals surface area contributed by atoms with E-state index in [4.69, 9.17) is 10.5 Å². The van der Waals surface area contributed by atoms with Crippen molar-refractivity contribution in [3.05, 3.63) is 29.8 Å². The van der Waals surface area contributed by atoms with Crippen molar-refractivity contribution in [2.24, 2.45) is 17.6 Å². The molecule has 3 heteroatoms. The van der Waals surface area contributed by atoms with E-state index in [-0.39, 0.29) is 6.04 Å². The number of rotatable bonds is 2. The summed E-state index contributed by atoms with van der Waals surface area (Å²) in [6, 6.07) is 8.30. The lowest BCUT2D eigenvalue weighted by atomic mass is 9.90. The number of hydrogen-bond donors (Lipinski definition) is 1. The fourth-order valence-corrected chi connectivity index (χ4v) is 3.18. The van der Waals surface area contributed by atoms with E-state index < -0.39 is 0 Å². The van der Waals surface area contributed by atoms with Crippen molar-refractivity contribution in [1.82, 2.24) is 4.90 Å². The van der Waals surface area contributed by atoms with Gasteiger partial charge in [0.1, 0.15) is 5.75 Å². The van der Waals surface area contributed by atoms with Gasteiger partial charge in [-0.05, 0) is 37.9 Å². The Morgan fingerprint density at radius 2 is 2.00 bits per heavy atom. The van der Waals surface area contributed by atoms with Crippen molar-refractivity contribution in [3.63, 3.8) is 0 Å². The maximum Gasteiger partial charge on any atom is 0.124 e. The van der Waals surface area contributed by atoms with Crippen molar-refractivity contribution in [2.45, 2.75) is 25.8 Å². The quantitative estimate of drug-likeness (QED) is 0.887. The smallest absolute Gasteiger partial charge is 0.124 e. The van der Waals surface area contributed by atoms with Crippen LogP contribution < -0.4 is 10.5 Å². The maximum atomic E-state index is 6.43. The zero-order valence-electron chi connectivity index (χ0n) is 11.7. The number of hydrogen-bond acceptors (Lipinski definition) is 3. The molecule has 2 N–H and O–H groups in total. The highest BCUT2D eigenvalue weighted by Gasteiger charge is 2.30. The zero-order valence-corrected chi connectivity index (χ0v) is 11.7. The van der Waals surface area contributed by atoms with Crippen LogP contribution in [0.5, 0.6) is 5.75 Å². The first kappa shape index (κ1) is 12.9. The summed E-state index contributed by atoms with van der Waals surface area (Å²) in [5, 5.41) is 0. The van der Waals surface area contributed by atoms with Crippen LogP contribution in [-0.2, 0) is 0 Å². The van der Waals surface area contributed by atoms with Gasteiger partial charge in [-0.25, -0.2) is 0 Å². The second kappa shape index (κ2) is 5.51. The standard InChI is InChI=1S/C16H24N2O/c1-12-6-8-18(9-7-12)10-13-11-19-15-5-3-2-4-14(15)16(13)17/h2-5,12-13,16H,6-11,17H2,1H3. The molecule has 2 aliphatic heterocycles. The SMILES string of the molecule is CC1CCN(CC2COc3ccccc3C2N)CC1. The van der Waals surface area contributed by atoms with Gasteiger partial charge < -0.3 is 15.4 Å². The Morgan fingerprint density at radius 1 is 1.26 bits per heavy atom. The number of nitrogens with zero attached hydrogens (tertiary/aromatic N) is 1. The van der Waals surface area contributed by atoms with Gasteiger partial charge in [0.2, 0.25) is 0 Å². The molecular formula is C16H24N2O. The Morgan fingerprint density at radius 3 is 2.79 bits per heavy atom. The molecular weight excluding hydrogens is 236 g/mol. The molecule has 0 amide bonds. The van der Waals surface area contributed by atoms with Gasteiger partial charge in [0.25, 0.3) is 0 Å². The van der Waals surface area contributed by atoms with E-state index >= 15 is 0 Å². The third-order valence-corrected chi connectivity index (χ3v) is 4.61. The summed E-state index contributed by atoms with van der Waals surface area (Å²) in [4.78, 5) is 2.56. The predicted octanol–water partition coefficient (Wildman–Crippen LogP) is 2.43. The van der Waals surface area contributed by atoms with Crippen molar-refractivity contribution in [2.75, 3.05) is 26.2 Å². The van der Waals surface area contributed by atoms with E-state index in [1.807, 2.05) is 18.2 Å². The highest BCUT2D eigenvalue weighted by atomic mass is 16.5. The Kier molecular flexibility index (Phi) is 3.76. The monoisotopic (exact) mass is 260 g/mol. The van der Waals surface area contributed by atoms with Crippen LogP contribution in [0.15, 0.2) is 24.3 Å². The van der Waals surface area contributed by atoms with Gasteiger partial charge in [-0.2, -0.15) is 0 Å². The summed E-state index contributed by atoms with van der Waals surface area (Å²) >= 11 is 0. The van der Waals surface area contributed by atoms with Crippen molar-refractivity contribution < 1.29 is 4.74 Å². The molecule has 0 aliphatic carbocycles. The average molecular weight is 260 g/mol. The molecule has 2 atom stereocenters. The van der Waals surface area contributed by atoms with E-state index in [1.54, 1.807) is 0 Å². The van der Waals surface area contributed by atoms with Gasteiger partial charge in [0, 0.05) is 24.1 Å². The number of benzene rings is 1. The second-order valence-electron chi connectivity index (χ2n) is 6.12. The summed E-state index contributed by atoms with van der Waals surface area (Å²) in [5.41, 5.74) is 7.60. The molecule has 0 spiro atoms. The zero-order chi connectivity index (χ0) is 13.2. The van der Waals surface area contributed by atoms with Crippen LogP contribution in [-0.4, -0.2) is 31.1 Å². The van der Waals surface area contributed by atoms with E-state index in [0.29, 0.717) is 5.92 Å². The minimum Gasteiger partial charge on any atom is -0.493 e.